The van der Waals surface area contributed by atoms with Gasteiger partial charge in [-0.05, 0) is 52.3 Å². The number of allylic oxidation sites excluding steroid dienone is 1. The first-order valence-electron chi connectivity index (χ1n) is 6.67. The average molecular weight is 250 g/mol. The van der Waals surface area contributed by atoms with Crippen LogP contribution in [0.2, 0.25) is 0 Å². The monoisotopic (exact) mass is 250 g/mol. The first kappa shape index (κ1) is 14.9. The van der Waals surface area contributed by atoms with Crippen molar-refractivity contribution in [3.05, 3.63) is 11.8 Å². The second-order valence-electron chi connectivity index (χ2n) is 4.95. The number of hydrogen-bond donors (Lipinski definition) is 1. The molecule has 0 aliphatic heterocycles. The van der Waals surface area contributed by atoms with Crippen molar-refractivity contribution < 1.29 is 0 Å². The van der Waals surface area contributed by atoms with Crippen molar-refractivity contribution in [1.29, 1.82) is 0 Å². The van der Waals surface area contributed by atoms with E-state index in [-0.39, 0.29) is 6.04 Å². The highest BCUT2D eigenvalue weighted by atomic mass is 15.1. The predicted molar refractivity (Wildman–Crippen MR) is 79.6 cm³/mol. The molecule has 0 aromatic carbocycles. The van der Waals surface area contributed by atoms with Crippen molar-refractivity contribution in [1.82, 2.24) is 10.2 Å². The third kappa shape index (κ3) is 3.95. The maximum Gasteiger partial charge on any atom is 0.140 e. The molecule has 1 rings (SSSR count). The van der Waals surface area contributed by atoms with Gasteiger partial charge in [0.15, 0.2) is 0 Å². The van der Waals surface area contributed by atoms with Gasteiger partial charge in [-0.15, -0.1) is 0 Å². The fourth-order valence-electron chi connectivity index (χ4n) is 2.07. The molecular weight excluding hydrogens is 224 g/mol. The van der Waals surface area contributed by atoms with Crippen LogP contribution in [-0.4, -0.2) is 50.7 Å². The number of aliphatic imine (C=N–C) groups is 2. The van der Waals surface area contributed by atoms with E-state index in [1.54, 1.807) is 0 Å². The van der Waals surface area contributed by atoms with Crippen molar-refractivity contribution in [2.45, 2.75) is 38.6 Å². The minimum atomic E-state index is 0.250. The third-order valence-corrected chi connectivity index (χ3v) is 3.43. The van der Waals surface area contributed by atoms with Crippen molar-refractivity contribution in [3.63, 3.8) is 0 Å². The molecule has 0 aromatic heterocycles. The summed E-state index contributed by atoms with van der Waals surface area (Å²) < 4.78 is 0. The van der Waals surface area contributed by atoms with Gasteiger partial charge in [-0.3, -0.25) is 9.89 Å². The molecule has 0 saturated heterocycles. The Hall–Kier alpha value is -1.16. The summed E-state index contributed by atoms with van der Waals surface area (Å²) in [6.07, 6.45) is 6.74. The number of rotatable bonds is 3. The Morgan fingerprint density at radius 3 is 2.56 bits per heavy atom. The van der Waals surface area contributed by atoms with Crippen LogP contribution in [0.15, 0.2) is 21.8 Å². The van der Waals surface area contributed by atoms with Crippen molar-refractivity contribution in [2.75, 3.05) is 28.2 Å². The molecule has 0 bridgehead atoms. The molecule has 1 atom stereocenters. The Kier molecular flexibility index (Phi) is 6.05. The highest BCUT2D eigenvalue weighted by Crippen LogP contribution is 2.21. The van der Waals surface area contributed by atoms with Crippen LogP contribution in [-0.2, 0) is 0 Å². The van der Waals surface area contributed by atoms with Crippen LogP contribution in [0.3, 0.4) is 0 Å². The fraction of sp³-hybridized carbons (Fsp3) is 0.714. The van der Waals surface area contributed by atoms with Gasteiger partial charge in [0.2, 0.25) is 0 Å². The van der Waals surface area contributed by atoms with Crippen molar-refractivity contribution in [3.8, 4) is 0 Å². The zero-order chi connectivity index (χ0) is 13.5. The molecule has 1 N–H and O–H groups in total. The Morgan fingerprint density at radius 1 is 1.33 bits per heavy atom. The minimum absolute atomic E-state index is 0.250. The molecule has 0 radical (unpaired) electrons. The highest BCUT2D eigenvalue weighted by Gasteiger charge is 2.17. The van der Waals surface area contributed by atoms with Crippen LogP contribution in [0.4, 0.5) is 0 Å². The lowest BCUT2D eigenvalue weighted by Crippen LogP contribution is -2.32. The van der Waals surface area contributed by atoms with E-state index in [0.717, 1.165) is 18.7 Å². The Labute approximate surface area is 111 Å². The molecule has 0 unspecified atom stereocenters. The van der Waals surface area contributed by atoms with Gasteiger partial charge in [-0.1, -0.05) is 0 Å². The zero-order valence-corrected chi connectivity index (χ0v) is 12.3. The van der Waals surface area contributed by atoms with E-state index < -0.39 is 0 Å². The Balaban J connectivity index is 2.93. The van der Waals surface area contributed by atoms with Crippen LogP contribution in [0.5, 0.6) is 0 Å². The molecule has 0 amide bonds. The Bertz CT molecular complexity index is 353. The minimum Gasteiger partial charge on any atom is -0.394 e. The van der Waals surface area contributed by atoms with E-state index in [0.29, 0.717) is 0 Å². The van der Waals surface area contributed by atoms with Gasteiger partial charge in [0.25, 0.3) is 0 Å². The maximum absolute atomic E-state index is 4.79. The summed E-state index contributed by atoms with van der Waals surface area (Å²) in [4.78, 5) is 11.3. The maximum atomic E-state index is 4.79. The summed E-state index contributed by atoms with van der Waals surface area (Å²) in [6, 6.07) is 0.250. The van der Waals surface area contributed by atoms with E-state index in [1.807, 2.05) is 14.1 Å². The smallest absolute Gasteiger partial charge is 0.140 e. The number of nitrogens with zero attached hydrogens (tertiary/aromatic N) is 3. The lowest BCUT2D eigenvalue weighted by Gasteiger charge is -2.22. The van der Waals surface area contributed by atoms with E-state index in [9.17, 15) is 0 Å². The first-order valence-corrected chi connectivity index (χ1v) is 6.67. The number of nitrogens with one attached hydrogen (secondary N) is 1. The van der Waals surface area contributed by atoms with Crippen LogP contribution >= 0.6 is 0 Å². The molecule has 102 valence electrons. The quantitative estimate of drug-likeness (QED) is 0.615. The molecule has 4 heteroatoms. The van der Waals surface area contributed by atoms with Crippen LogP contribution in [0.1, 0.15) is 32.6 Å². The summed E-state index contributed by atoms with van der Waals surface area (Å²) in [5.41, 5.74) is 2.53. The summed E-state index contributed by atoms with van der Waals surface area (Å²) >= 11 is 0. The molecule has 0 spiro atoms. The molecule has 1 aliphatic rings. The van der Waals surface area contributed by atoms with Gasteiger partial charge in [-0.25, -0.2) is 4.99 Å². The van der Waals surface area contributed by atoms with Gasteiger partial charge in [0, 0.05) is 26.0 Å². The van der Waals surface area contributed by atoms with Gasteiger partial charge in [0.05, 0.1) is 6.04 Å². The van der Waals surface area contributed by atoms with Crippen LogP contribution < -0.4 is 5.32 Å². The highest BCUT2D eigenvalue weighted by molar-refractivity contribution is 6.08. The summed E-state index contributed by atoms with van der Waals surface area (Å²) in [5, 5.41) is 3.12. The van der Waals surface area contributed by atoms with E-state index in [1.165, 1.54) is 24.1 Å². The normalized spacial score (nSPS) is 23.8. The molecule has 0 heterocycles. The van der Waals surface area contributed by atoms with Gasteiger partial charge in [0.1, 0.15) is 5.84 Å². The van der Waals surface area contributed by atoms with Gasteiger partial charge >= 0.3 is 0 Å². The lowest BCUT2D eigenvalue weighted by atomic mass is 9.93. The van der Waals surface area contributed by atoms with E-state index in [4.69, 9.17) is 4.99 Å². The average Bonchev–Trinajstić information content (AvgIpc) is 2.37. The topological polar surface area (TPSA) is 40.0 Å². The third-order valence-electron chi connectivity index (χ3n) is 3.43. The van der Waals surface area contributed by atoms with Gasteiger partial charge in [-0.2, -0.15) is 0 Å². The molecule has 4 nitrogen and oxygen atoms in total. The van der Waals surface area contributed by atoms with Gasteiger partial charge < -0.3 is 5.32 Å². The summed E-state index contributed by atoms with van der Waals surface area (Å²) in [6.45, 7) is 2.14. The second-order valence-corrected chi connectivity index (χ2v) is 4.95. The summed E-state index contributed by atoms with van der Waals surface area (Å²) in [7, 11) is 7.88. The second kappa shape index (κ2) is 7.31. The van der Waals surface area contributed by atoms with Crippen molar-refractivity contribution in [2.24, 2.45) is 9.98 Å². The van der Waals surface area contributed by atoms with Crippen molar-refractivity contribution >= 4 is 11.5 Å². The molecule has 1 aliphatic carbocycles. The molecule has 1 fully saturated rings. The molecule has 0 aromatic rings. The Morgan fingerprint density at radius 2 is 2.00 bits per heavy atom. The number of hydrogen-bond acceptors (Lipinski definition) is 3. The lowest BCUT2D eigenvalue weighted by molar-refractivity contribution is 0.380. The molecule has 18 heavy (non-hydrogen) atoms. The number of amidine groups is 1. The zero-order valence-electron chi connectivity index (χ0n) is 12.3. The SMILES string of the molecule is C\N=C(/N=C1/CCCC/C1=C\NC)[C@H](C)N(C)C. The molecule has 1 saturated carbocycles. The van der Waals surface area contributed by atoms with Crippen LogP contribution in [0.25, 0.3) is 0 Å². The molecular formula is C14H26N4. The fourth-order valence-corrected chi connectivity index (χ4v) is 2.07. The number of likely N-dealkylation sites (N-methyl/N-ethyl adjacent to an activating group) is 1. The van der Waals surface area contributed by atoms with E-state index >= 15 is 0 Å². The van der Waals surface area contributed by atoms with Crippen LogP contribution in [0, 0.1) is 0 Å². The van der Waals surface area contributed by atoms with E-state index in [2.05, 4.69) is 42.4 Å². The standard InChI is InChI=1S/C14H26N4/c1-11(18(4)5)14(16-3)17-13-9-7-6-8-12(13)10-15-2/h10-11,15H,6-9H2,1-5H3/b12-10+,16-14-,17-13-/t11-/m0/s1. The predicted octanol–water partition coefficient (Wildman–Crippen LogP) is 2.08. The first-order chi connectivity index (χ1) is 8.60. The largest absolute Gasteiger partial charge is 0.394 e. The summed E-state index contributed by atoms with van der Waals surface area (Å²) in [5.74, 6) is 0.916.